The van der Waals surface area contributed by atoms with E-state index in [2.05, 4.69) is 24.5 Å². The zero-order chi connectivity index (χ0) is 15.2. The van der Waals surface area contributed by atoms with E-state index >= 15 is 0 Å². The van der Waals surface area contributed by atoms with E-state index in [0.29, 0.717) is 19.1 Å². The summed E-state index contributed by atoms with van der Waals surface area (Å²) in [6.45, 7) is 6.03. The predicted molar refractivity (Wildman–Crippen MR) is 80.4 cm³/mol. The zero-order valence-corrected chi connectivity index (χ0v) is 13.2. The van der Waals surface area contributed by atoms with Gasteiger partial charge in [-0.3, -0.25) is 9.59 Å². The number of hydrogen-bond donors (Lipinski definition) is 2. The lowest BCUT2D eigenvalue weighted by Crippen LogP contribution is -2.31. The molecular weight excluding hydrogens is 256 g/mol. The Hall–Kier alpha value is -1.10. The summed E-state index contributed by atoms with van der Waals surface area (Å²) in [5, 5.41) is 5.62. The smallest absolute Gasteiger partial charge is 0.220 e. The van der Waals surface area contributed by atoms with E-state index in [0.717, 1.165) is 19.4 Å². The first-order valence-corrected chi connectivity index (χ1v) is 7.66. The summed E-state index contributed by atoms with van der Waals surface area (Å²) in [5.74, 6) is 0.409. The van der Waals surface area contributed by atoms with Crippen LogP contribution in [0.5, 0.6) is 0 Å². The molecule has 0 rings (SSSR count). The van der Waals surface area contributed by atoms with Crippen LogP contribution in [0.15, 0.2) is 0 Å². The van der Waals surface area contributed by atoms with Crippen molar-refractivity contribution in [2.75, 3.05) is 26.8 Å². The van der Waals surface area contributed by atoms with Gasteiger partial charge in [0.2, 0.25) is 11.8 Å². The molecule has 0 aromatic carbocycles. The highest BCUT2D eigenvalue weighted by Gasteiger charge is 2.09. The van der Waals surface area contributed by atoms with Gasteiger partial charge in [-0.05, 0) is 12.3 Å². The van der Waals surface area contributed by atoms with Gasteiger partial charge in [0.25, 0.3) is 0 Å². The normalized spacial score (nSPS) is 11.9. The zero-order valence-electron chi connectivity index (χ0n) is 13.2. The van der Waals surface area contributed by atoms with Crippen LogP contribution >= 0.6 is 0 Å². The third-order valence-electron chi connectivity index (χ3n) is 3.34. The second kappa shape index (κ2) is 12.9. The Morgan fingerprint density at radius 2 is 1.75 bits per heavy atom. The molecule has 0 aliphatic heterocycles. The Morgan fingerprint density at radius 3 is 2.30 bits per heavy atom. The predicted octanol–water partition coefficient (Wildman–Crippen LogP) is 1.86. The largest absolute Gasteiger partial charge is 0.383 e. The van der Waals surface area contributed by atoms with E-state index in [1.807, 2.05) is 0 Å². The van der Waals surface area contributed by atoms with Crippen molar-refractivity contribution in [3.63, 3.8) is 0 Å². The first kappa shape index (κ1) is 18.9. The Labute approximate surface area is 122 Å². The fourth-order valence-electron chi connectivity index (χ4n) is 1.90. The van der Waals surface area contributed by atoms with E-state index in [4.69, 9.17) is 4.74 Å². The second-order valence-corrected chi connectivity index (χ2v) is 5.06. The number of ether oxygens (including phenoxy) is 1. The molecule has 20 heavy (non-hydrogen) atoms. The van der Waals surface area contributed by atoms with Crippen molar-refractivity contribution in [1.82, 2.24) is 10.6 Å². The average molecular weight is 286 g/mol. The molecule has 0 aromatic heterocycles. The molecule has 118 valence electrons. The van der Waals surface area contributed by atoms with Gasteiger partial charge in [-0.1, -0.05) is 33.1 Å². The van der Waals surface area contributed by atoms with Crippen molar-refractivity contribution >= 4 is 11.8 Å². The van der Waals surface area contributed by atoms with Crippen LogP contribution in [0.1, 0.15) is 52.4 Å². The first-order chi connectivity index (χ1) is 9.63. The molecule has 0 saturated heterocycles. The highest BCUT2D eigenvalue weighted by atomic mass is 16.5. The Kier molecular flexibility index (Phi) is 12.2. The third kappa shape index (κ3) is 10.8. The van der Waals surface area contributed by atoms with E-state index < -0.39 is 0 Å². The van der Waals surface area contributed by atoms with Gasteiger partial charge in [0.15, 0.2) is 0 Å². The molecule has 0 fully saturated rings. The minimum absolute atomic E-state index is 0.0400. The Morgan fingerprint density at radius 1 is 1.10 bits per heavy atom. The van der Waals surface area contributed by atoms with Crippen molar-refractivity contribution in [3.05, 3.63) is 0 Å². The lowest BCUT2D eigenvalue weighted by molar-refractivity contribution is -0.126. The van der Waals surface area contributed by atoms with Crippen LogP contribution in [0.25, 0.3) is 0 Å². The maximum Gasteiger partial charge on any atom is 0.220 e. The molecule has 5 nitrogen and oxygen atoms in total. The maximum atomic E-state index is 11.7. The first-order valence-electron chi connectivity index (χ1n) is 7.66. The summed E-state index contributed by atoms with van der Waals surface area (Å²) < 4.78 is 4.83. The van der Waals surface area contributed by atoms with Gasteiger partial charge in [-0.25, -0.2) is 0 Å². The summed E-state index contributed by atoms with van der Waals surface area (Å²) >= 11 is 0. The van der Waals surface area contributed by atoms with Crippen molar-refractivity contribution in [2.24, 2.45) is 5.92 Å². The maximum absolute atomic E-state index is 11.7. The molecule has 0 spiro atoms. The number of nitrogens with one attached hydrogen (secondary N) is 2. The third-order valence-corrected chi connectivity index (χ3v) is 3.34. The molecule has 0 saturated carbocycles. The van der Waals surface area contributed by atoms with E-state index in [1.54, 1.807) is 7.11 Å². The fourth-order valence-corrected chi connectivity index (χ4v) is 1.90. The van der Waals surface area contributed by atoms with Crippen molar-refractivity contribution < 1.29 is 14.3 Å². The fraction of sp³-hybridized carbons (Fsp3) is 0.867. The molecule has 0 heterocycles. The number of rotatable bonds is 12. The molecule has 5 heteroatoms. The summed E-state index contributed by atoms with van der Waals surface area (Å²) in [6.07, 6.45) is 5.12. The van der Waals surface area contributed by atoms with E-state index in [1.165, 1.54) is 12.8 Å². The molecule has 0 unspecified atom stereocenters. The summed E-state index contributed by atoms with van der Waals surface area (Å²) in [5.41, 5.74) is 0. The summed E-state index contributed by atoms with van der Waals surface area (Å²) in [6, 6.07) is 0. The molecule has 0 aliphatic carbocycles. The lowest BCUT2D eigenvalue weighted by Gasteiger charge is -2.15. The molecule has 2 N–H and O–H groups in total. The van der Waals surface area contributed by atoms with Crippen LogP contribution in [0, 0.1) is 5.92 Å². The number of unbranched alkanes of at least 4 members (excludes halogenated alkanes) is 1. The molecule has 0 aromatic rings. The molecule has 1 atom stereocenters. The van der Waals surface area contributed by atoms with Gasteiger partial charge >= 0.3 is 0 Å². The number of hydrogen-bond acceptors (Lipinski definition) is 3. The van der Waals surface area contributed by atoms with Crippen LogP contribution in [0.2, 0.25) is 0 Å². The molecule has 0 bridgehead atoms. The SMILES string of the molecule is CCCC[C@H](CC)CNC(=O)CCC(=O)NCCOC. The van der Waals surface area contributed by atoms with Gasteiger partial charge in [0.1, 0.15) is 0 Å². The number of methoxy groups -OCH3 is 1. The van der Waals surface area contributed by atoms with Gasteiger partial charge in [-0.2, -0.15) is 0 Å². The van der Waals surface area contributed by atoms with Crippen molar-refractivity contribution in [3.8, 4) is 0 Å². The number of carbonyl (C=O) groups is 2. The molecule has 0 radical (unpaired) electrons. The van der Waals surface area contributed by atoms with Crippen molar-refractivity contribution in [2.45, 2.75) is 52.4 Å². The minimum atomic E-state index is -0.102. The van der Waals surface area contributed by atoms with Gasteiger partial charge < -0.3 is 15.4 Å². The van der Waals surface area contributed by atoms with Crippen LogP contribution in [0.4, 0.5) is 0 Å². The van der Waals surface area contributed by atoms with Crippen LogP contribution in [-0.2, 0) is 14.3 Å². The van der Waals surface area contributed by atoms with Gasteiger partial charge in [-0.15, -0.1) is 0 Å². The highest BCUT2D eigenvalue weighted by molar-refractivity contribution is 5.83. The van der Waals surface area contributed by atoms with Crippen molar-refractivity contribution in [1.29, 1.82) is 0 Å². The van der Waals surface area contributed by atoms with Gasteiger partial charge in [0, 0.05) is 33.0 Å². The second-order valence-electron chi connectivity index (χ2n) is 5.06. The highest BCUT2D eigenvalue weighted by Crippen LogP contribution is 2.11. The Bertz CT molecular complexity index is 270. The quantitative estimate of drug-likeness (QED) is 0.538. The summed E-state index contributed by atoms with van der Waals surface area (Å²) in [4.78, 5) is 23.1. The van der Waals surface area contributed by atoms with Crippen LogP contribution < -0.4 is 10.6 Å². The summed E-state index contributed by atoms with van der Waals surface area (Å²) in [7, 11) is 1.59. The topological polar surface area (TPSA) is 67.4 Å². The van der Waals surface area contributed by atoms with E-state index in [9.17, 15) is 9.59 Å². The Balaban J connectivity index is 3.68. The van der Waals surface area contributed by atoms with E-state index in [-0.39, 0.29) is 24.7 Å². The average Bonchev–Trinajstić information content (AvgIpc) is 2.45. The standard InChI is InChI=1S/C15H30N2O3/c1-4-6-7-13(5-2)12-17-15(19)9-8-14(18)16-10-11-20-3/h13H,4-12H2,1-3H3,(H,16,18)(H,17,19)/t13-/m0/s1. The van der Waals surface area contributed by atoms with Crippen LogP contribution in [0.3, 0.4) is 0 Å². The monoisotopic (exact) mass is 286 g/mol. The molecule has 0 aliphatic rings. The lowest BCUT2D eigenvalue weighted by atomic mass is 9.99. The minimum Gasteiger partial charge on any atom is -0.383 e. The molecular formula is C15H30N2O3. The number of carbonyl (C=O) groups excluding carboxylic acids is 2. The van der Waals surface area contributed by atoms with Crippen LogP contribution in [-0.4, -0.2) is 38.6 Å². The van der Waals surface area contributed by atoms with Gasteiger partial charge in [0.05, 0.1) is 6.61 Å². The molecule has 2 amide bonds. The number of amides is 2.